The predicted octanol–water partition coefficient (Wildman–Crippen LogP) is 8.99. The Labute approximate surface area is 247 Å². The van der Waals surface area contributed by atoms with Crippen LogP contribution in [0.3, 0.4) is 0 Å². The maximum atomic E-state index is 9.12. The van der Waals surface area contributed by atoms with Gasteiger partial charge in [-0.25, -0.2) is 0 Å². The molecule has 2 saturated carbocycles. The van der Waals surface area contributed by atoms with E-state index in [2.05, 4.69) is 81.6 Å². The Balaban J connectivity index is -0.000000480. The van der Waals surface area contributed by atoms with Crippen LogP contribution in [0.2, 0.25) is 36.3 Å². The first-order valence-electron chi connectivity index (χ1n) is 14.7. The van der Waals surface area contributed by atoms with Gasteiger partial charge < -0.3 is 9.53 Å². The van der Waals surface area contributed by atoms with Gasteiger partial charge in [0.1, 0.15) is 0 Å². The number of hydrogen-bond donors (Lipinski definition) is 1. The molecule has 1 N–H and O–H groups in total. The molecule has 39 heavy (non-hydrogen) atoms. The molecule has 2 aliphatic rings. The largest absolute Gasteiger partial charge is 0.414 e. The minimum atomic E-state index is -1.52. The highest BCUT2D eigenvalue weighted by atomic mass is 35.6. The molecule has 0 aliphatic heterocycles. The number of aliphatic hydroxyl groups is 1. The fourth-order valence-corrected chi connectivity index (χ4v) is 5.23. The van der Waals surface area contributed by atoms with Crippen molar-refractivity contribution in [3.63, 3.8) is 0 Å². The number of carbonyl (C=O) groups excluding carboxylic acids is 4. The third kappa shape index (κ3) is 21.8. The molecule has 232 valence electrons. The number of rotatable bonds is 4. The van der Waals surface area contributed by atoms with Gasteiger partial charge in [-0.1, -0.05) is 81.3 Å². The van der Waals surface area contributed by atoms with Crippen LogP contribution in [0.4, 0.5) is 0 Å². The van der Waals surface area contributed by atoms with Crippen molar-refractivity contribution in [2.45, 2.75) is 168 Å². The van der Waals surface area contributed by atoms with Gasteiger partial charge in [-0.05, 0) is 86.4 Å². The molecule has 0 unspecified atom stereocenters. The van der Waals surface area contributed by atoms with Crippen molar-refractivity contribution in [2.75, 3.05) is 0 Å². The smallest absolute Gasteiger partial charge is 0.373 e. The average molecular weight is 609 g/mol. The second-order valence-electron chi connectivity index (χ2n) is 13.9. The Hall–Kier alpha value is -0.596. The van der Waals surface area contributed by atoms with E-state index in [-0.39, 0.29) is 18.4 Å². The van der Waals surface area contributed by atoms with Gasteiger partial charge in [-0.15, -0.1) is 0 Å². The summed E-state index contributed by atoms with van der Waals surface area (Å²) in [5, 5.41) is 9.82. The standard InChI is InChI=1S/C14H30OSi.C8H16O.C6H15ClSi.2CO2/c1-7-12-8-10-13(11-9-12)15-16(5,6)14(2,3)4;1-2-7-3-5-8(9)6-4-7;1-6(2,3)8(4,5)7;2*2-1-3/h12-13H,7-11H2,1-6H3;7-9H,2-6H2,1H3;1-5H3;;. The Morgan fingerprint density at radius 1 is 0.692 bits per heavy atom. The van der Waals surface area contributed by atoms with E-state index in [0.717, 1.165) is 24.7 Å². The molecule has 2 fully saturated rings. The number of halogens is 1. The van der Waals surface area contributed by atoms with Crippen LogP contribution in [-0.4, -0.2) is 45.3 Å². The Kier molecular flexibility index (Phi) is 23.3. The first-order chi connectivity index (χ1) is 17.7. The Morgan fingerprint density at radius 2 is 0.974 bits per heavy atom. The molecule has 0 bridgehead atoms. The first-order valence-corrected chi connectivity index (χ1v) is 21.6. The van der Waals surface area contributed by atoms with Gasteiger partial charge in [0.25, 0.3) is 0 Å². The summed E-state index contributed by atoms with van der Waals surface area (Å²) < 4.78 is 6.47. The van der Waals surface area contributed by atoms with E-state index in [0.29, 0.717) is 16.2 Å². The summed E-state index contributed by atoms with van der Waals surface area (Å²) in [6.07, 6.45) is 13.7. The highest BCUT2D eigenvalue weighted by Gasteiger charge is 2.39. The van der Waals surface area contributed by atoms with E-state index in [1.807, 2.05) is 0 Å². The summed E-state index contributed by atoms with van der Waals surface area (Å²) in [5.41, 5.74) is 0. The van der Waals surface area contributed by atoms with E-state index in [9.17, 15) is 0 Å². The van der Waals surface area contributed by atoms with Crippen LogP contribution in [0.5, 0.6) is 0 Å². The van der Waals surface area contributed by atoms with E-state index in [4.69, 9.17) is 39.8 Å². The van der Waals surface area contributed by atoms with Crippen LogP contribution in [0.25, 0.3) is 0 Å². The zero-order valence-electron chi connectivity index (χ0n) is 27.2. The molecule has 2 rings (SSSR count). The molecule has 6 nitrogen and oxygen atoms in total. The summed E-state index contributed by atoms with van der Waals surface area (Å²) in [5.74, 6) is 1.88. The zero-order valence-corrected chi connectivity index (χ0v) is 30.0. The highest BCUT2D eigenvalue weighted by Crippen LogP contribution is 2.40. The van der Waals surface area contributed by atoms with Gasteiger partial charge in [0.15, 0.2) is 15.7 Å². The van der Waals surface area contributed by atoms with Crippen LogP contribution in [0.1, 0.15) is 120 Å². The van der Waals surface area contributed by atoms with Crippen LogP contribution in [-0.2, 0) is 23.6 Å². The number of aliphatic hydroxyl groups excluding tert-OH is 1. The minimum absolute atomic E-state index is 0.0211. The lowest BCUT2D eigenvalue weighted by Crippen LogP contribution is -2.44. The summed E-state index contributed by atoms with van der Waals surface area (Å²) >= 11 is 6.15. The summed E-state index contributed by atoms with van der Waals surface area (Å²) in [7, 11) is -2.91. The number of hydrogen-bond acceptors (Lipinski definition) is 6. The van der Waals surface area contributed by atoms with E-state index >= 15 is 0 Å². The van der Waals surface area contributed by atoms with Crippen molar-refractivity contribution in [1.82, 2.24) is 0 Å². The van der Waals surface area contributed by atoms with Gasteiger partial charge in [0.2, 0.25) is 0 Å². The summed E-state index contributed by atoms with van der Waals surface area (Å²) in [4.78, 5) is 32.5. The fourth-order valence-electron chi connectivity index (χ4n) is 3.80. The lowest BCUT2D eigenvalue weighted by Gasteiger charge is -2.41. The molecule has 0 amide bonds. The third-order valence-electron chi connectivity index (χ3n) is 8.82. The molecule has 9 heteroatoms. The average Bonchev–Trinajstić information content (AvgIpc) is 2.80. The molecular formula is C30H61ClO6Si2. The van der Waals surface area contributed by atoms with E-state index in [1.165, 1.54) is 51.4 Å². The zero-order chi connectivity index (χ0) is 31.5. The van der Waals surface area contributed by atoms with Gasteiger partial charge in [-0.2, -0.15) is 30.3 Å². The molecule has 0 aromatic heterocycles. The van der Waals surface area contributed by atoms with E-state index < -0.39 is 15.7 Å². The van der Waals surface area contributed by atoms with Crippen molar-refractivity contribution in [2.24, 2.45) is 11.8 Å². The lowest BCUT2D eigenvalue weighted by atomic mass is 9.86. The van der Waals surface area contributed by atoms with Crippen molar-refractivity contribution in [3.05, 3.63) is 0 Å². The molecule has 0 radical (unpaired) electrons. The Morgan fingerprint density at radius 3 is 1.21 bits per heavy atom. The molecular weight excluding hydrogens is 548 g/mol. The normalized spacial score (nSPS) is 23.3. The quantitative estimate of drug-likeness (QED) is 0.252. The van der Waals surface area contributed by atoms with Crippen LogP contribution in [0, 0.1) is 11.8 Å². The molecule has 0 spiro atoms. The predicted molar refractivity (Wildman–Crippen MR) is 166 cm³/mol. The molecule has 0 heterocycles. The van der Waals surface area contributed by atoms with E-state index in [1.54, 1.807) is 0 Å². The fraction of sp³-hybridized carbons (Fsp3) is 0.933. The maximum Gasteiger partial charge on any atom is 0.373 e. The monoisotopic (exact) mass is 608 g/mol. The van der Waals surface area contributed by atoms with Crippen LogP contribution < -0.4 is 0 Å². The summed E-state index contributed by atoms with van der Waals surface area (Å²) in [6, 6.07) is 0. The SMILES string of the molecule is CC(C)(C)[Si](C)(C)Cl.CCC1CCC(O)CC1.CCC1CCC(O[Si](C)(C)C(C)(C)C)CC1.O=C=O.O=C=O. The second kappa shape index (κ2) is 21.2. The Bertz CT molecular complexity index is 643. The molecule has 0 aromatic carbocycles. The molecule has 2 aliphatic carbocycles. The summed E-state index contributed by atoms with van der Waals surface area (Å²) in [6.45, 7) is 27.2. The maximum absolute atomic E-state index is 9.12. The van der Waals surface area contributed by atoms with Crippen LogP contribution >= 0.6 is 11.1 Å². The van der Waals surface area contributed by atoms with Crippen molar-refractivity contribution >= 4 is 39.1 Å². The molecule has 0 aromatic rings. The first kappa shape index (κ1) is 42.9. The minimum Gasteiger partial charge on any atom is -0.414 e. The highest BCUT2D eigenvalue weighted by molar-refractivity contribution is 7.20. The third-order valence-corrected chi connectivity index (χ3v) is 18.6. The topological polar surface area (TPSA) is 97.7 Å². The van der Waals surface area contributed by atoms with Gasteiger partial charge in [0.05, 0.1) is 6.10 Å². The molecule has 0 saturated heterocycles. The molecule has 0 atom stereocenters. The van der Waals surface area contributed by atoms with Crippen molar-refractivity contribution in [3.8, 4) is 0 Å². The van der Waals surface area contributed by atoms with Gasteiger partial charge >= 0.3 is 12.3 Å². The lowest BCUT2D eigenvalue weighted by molar-refractivity contribution is -0.193. The second-order valence-corrected chi connectivity index (χ2v) is 25.9. The van der Waals surface area contributed by atoms with Gasteiger partial charge in [-0.3, -0.25) is 0 Å². The van der Waals surface area contributed by atoms with Crippen molar-refractivity contribution in [1.29, 1.82) is 0 Å². The van der Waals surface area contributed by atoms with Gasteiger partial charge in [0, 0.05) is 6.10 Å². The van der Waals surface area contributed by atoms with Crippen molar-refractivity contribution < 1.29 is 28.7 Å². The van der Waals surface area contributed by atoms with Crippen LogP contribution in [0.15, 0.2) is 0 Å².